The van der Waals surface area contributed by atoms with Gasteiger partial charge in [-0.3, -0.25) is 14.9 Å². The Kier molecular flexibility index (Phi) is 3.95. The molecule has 86 valence electrons. The maximum atomic E-state index is 10.6. The number of hydrogen-bond donors (Lipinski definition) is 1. The number of carboxylic acid groups (broad SMARTS) is 1. The van der Waals surface area contributed by atoms with Gasteiger partial charge in [0.25, 0.3) is 0 Å². The van der Waals surface area contributed by atoms with Crippen molar-refractivity contribution in [1.82, 2.24) is 4.98 Å². The smallest absolute Gasteiger partial charge is 0.345 e. The van der Waals surface area contributed by atoms with E-state index in [0.29, 0.717) is 5.13 Å². The number of carbonyl (C=O) groups is 1. The number of nitrogens with zero attached hydrogens (tertiary/aromatic N) is 3. The van der Waals surface area contributed by atoms with Gasteiger partial charge in [0, 0.05) is 6.54 Å². The van der Waals surface area contributed by atoms with Crippen LogP contribution in [0.1, 0.15) is 0 Å². The zero-order valence-electron chi connectivity index (χ0n) is 8.20. The van der Waals surface area contributed by atoms with Crippen LogP contribution in [0.25, 0.3) is 0 Å². The average molecular weight is 243 g/mol. The Morgan fingerprint density at radius 3 is 2.94 bits per heavy atom. The highest BCUT2D eigenvalue weighted by atomic mass is 32.1. The number of hydrogen-bond acceptors (Lipinski definition) is 6. The van der Waals surface area contributed by atoms with E-state index in [9.17, 15) is 14.9 Å². The van der Waals surface area contributed by atoms with Gasteiger partial charge in [-0.15, -0.1) is 6.58 Å². The second-order valence-electron chi connectivity index (χ2n) is 2.80. The Morgan fingerprint density at radius 2 is 2.50 bits per heavy atom. The Labute approximate surface area is 94.8 Å². The minimum atomic E-state index is -1.03. The molecule has 0 radical (unpaired) electrons. The summed E-state index contributed by atoms with van der Waals surface area (Å²) in [5.74, 6) is -1.03. The van der Waals surface area contributed by atoms with E-state index in [2.05, 4.69) is 11.6 Å². The fourth-order valence-electron chi connectivity index (χ4n) is 1.02. The van der Waals surface area contributed by atoms with Crippen LogP contribution in [-0.4, -0.2) is 34.1 Å². The summed E-state index contributed by atoms with van der Waals surface area (Å²) in [6.07, 6.45) is 2.62. The van der Waals surface area contributed by atoms with Crippen LogP contribution in [0.4, 0.5) is 10.1 Å². The number of carboxylic acids is 1. The van der Waals surface area contributed by atoms with Gasteiger partial charge >= 0.3 is 11.0 Å². The second-order valence-corrected chi connectivity index (χ2v) is 3.79. The van der Waals surface area contributed by atoms with Gasteiger partial charge in [0.05, 0.1) is 4.92 Å². The van der Waals surface area contributed by atoms with Crippen molar-refractivity contribution in [2.75, 3.05) is 18.0 Å². The van der Waals surface area contributed by atoms with Gasteiger partial charge in [0.15, 0.2) is 5.13 Å². The summed E-state index contributed by atoms with van der Waals surface area (Å²) in [4.78, 5) is 25.6. The monoisotopic (exact) mass is 243 g/mol. The lowest BCUT2D eigenvalue weighted by Crippen LogP contribution is -2.29. The summed E-state index contributed by atoms with van der Waals surface area (Å²) >= 11 is 0.836. The molecule has 1 rings (SSSR count). The van der Waals surface area contributed by atoms with E-state index in [0.717, 1.165) is 17.5 Å². The van der Waals surface area contributed by atoms with Crippen LogP contribution in [0.15, 0.2) is 18.9 Å². The van der Waals surface area contributed by atoms with Crippen LogP contribution in [0.5, 0.6) is 0 Å². The molecular weight excluding hydrogens is 234 g/mol. The number of nitro groups is 1. The summed E-state index contributed by atoms with van der Waals surface area (Å²) in [6.45, 7) is 3.49. The second kappa shape index (κ2) is 5.21. The molecule has 0 amide bonds. The quantitative estimate of drug-likeness (QED) is 0.457. The van der Waals surface area contributed by atoms with E-state index in [4.69, 9.17) is 5.11 Å². The van der Waals surface area contributed by atoms with E-state index < -0.39 is 10.9 Å². The zero-order chi connectivity index (χ0) is 12.1. The van der Waals surface area contributed by atoms with Crippen LogP contribution in [0.3, 0.4) is 0 Å². The van der Waals surface area contributed by atoms with Crippen molar-refractivity contribution in [3.63, 3.8) is 0 Å². The van der Waals surface area contributed by atoms with Gasteiger partial charge in [-0.05, 0) is 11.3 Å². The Hall–Kier alpha value is -1.96. The Morgan fingerprint density at radius 1 is 1.81 bits per heavy atom. The molecule has 1 heterocycles. The molecule has 1 N–H and O–H groups in total. The SMILES string of the molecule is C=CCN(CC(=O)O)c1ncc([N+](=O)[O-])s1. The summed E-state index contributed by atoms with van der Waals surface area (Å²) in [5.41, 5.74) is 0. The fraction of sp³-hybridized carbons (Fsp3) is 0.250. The van der Waals surface area contributed by atoms with Crippen molar-refractivity contribution < 1.29 is 14.8 Å². The molecule has 0 saturated carbocycles. The molecule has 0 atom stereocenters. The fourth-order valence-corrected chi connectivity index (χ4v) is 1.76. The van der Waals surface area contributed by atoms with Crippen LogP contribution in [-0.2, 0) is 4.79 Å². The minimum Gasteiger partial charge on any atom is -0.480 e. The van der Waals surface area contributed by atoms with Gasteiger partial charge in [-0.25, -0.2) is 4.98 Å². The van der Waals surface area contributed by atoms with Crippen molar-refractivity contribution >= 4 is 27.4 Å². The summed E-state index contributed by atoms with van der Waals surface area (Å²) in [6, 6.07) is 0. The van der Waals surface area contributed by atoms with Crippen molar-refractivity contribution in [3.8, 4) is 0 Å². The molecule has 8 heteroatoms. The minimum absolute atomic E-state index is 0.116. The average Bonchev–Trinajstić information content (AvgIpc) is 2.65. The standard InChI is InChI=1S/C8H9N3O4S/c1-2-3-10(5-7(12)13)8-9-4-6(16-8)11(14)15/h2,4H,1,3,5H2,(H,12,13). The first-order valence-corrected chi connectivity index (χ1v) is 5.04. The van der Waals surface area contributed by atoms with Gasteiger partial charge in [0.1, 0.15) is 12.7 Å². The van der Waals surface area contributed by atoms with E-state index >= 15 is 0 Å². The van der Waals surface area contributed by atoms with Crippen molar-refractivity contribution in [3.05, 3.63) is 29.0 Å². The Bertz CT molecular complexity index is 417. The number of anilines is 1. The summed E-state index contributed by atoms with van der Waals surface area (Å²) in [7, 11) is 0. The first-order valence-electron chi connectivity index (χ1n) is 4.22. The first-order chi connectivity index (χ1) is 7.54. The molecule has 0 aliphatic rings. The molecule has 0 bridgehead atoms. The highest BCUT2D eigenvalue weighted by Crippen LogP contribution is 2.27. The van der Waals surface area contributed by atoms with Crippen LogP contribution in [0.2, 0.25) is 0 Å². The third-order valence-corrected chi connectivity index (χ3v) is 2.62. The van der Waals surface area contributed by atoms with E-state index in [-0.39, 0.29) is 18.1 Å². The largest absolute Gasteiger partial charge is 0.480 e. The van der Waals surface area contributed by atoms with E-state index in [1.807, 2.05) is 0 Å². The molecule has 0 aliphatic carbocycles. The van der Waals surface area contributed by atoms with Gasteiger partial charge < -0.3 is 10.0 Å². The molecule has 7 nitrogen and oxygen atoms in total. The Balaban J connectivity index is 2.87. The normalized spacial score (nSPS) is 9.75. The number of thiazole rings is 1. The number of aromatic nitrogens is 1. The third-order valence-electron chi connectivity index (χ3n) is 1.61. The van der Waals surface area contributed by atoms with E-state index in [1.54, 1.807) is 0 Å². The highest BCUT2D eigenvalue weighted by molar-refractivity contribution is 7.18. The number of aliphatic carboxylic acids is 1. The maximum Gasteiger partial charge on any atom is 0.345 e. The molecule has 0 fully saturated rings. The van der Waals surface area contributed by atoms with Gasteiger partial charge in [0.2, 0.25) is 0 Å². The van der Waals surface area contributed by atoms with Crippen molar-refractivity contribution in [2.45, 2.75) is 0 Å². The molecule has 16 heavy (non-hydrogen) atoms. The van der Waals surface area contributed by atoms with Crippen LogP contribution in [0, 0.1) is 10.1 Å². The van der Waals surface area contributed by atoms with Crippen molar-refractivity contribution in [1.29, 1.82) is 0 Å². The van der Waals surface area contributed by atoms with Crippen LogP contribution >= 0.6 is 11.3 Å². The highest BCUT2D eigenvalue weighted by Gasteiger charge is 2.17. The third kappa shape index (κ3) is 3.02. The molecule has 0 unspecified atom stereocenters. The topological polar surface area (TPSA) is 96.6 Å². The number of rotatable bonds is 6. The van der Waals surface area contributed by atoms with Gasteiger partial charge in [-0.1, -0.05) is 6.08 Å². The lowest BCUT2D eigenvalue weighted by molar-refractivity contribution is -0.380. The molecule has 1 aromatic rings. The predicted octanol–water partition coefficient (Wildman–Crippen LogP) is 1.13. The van der Waals surface area contributed by atoms with Gasteiger partial charge in [-0.2, -0.15) is 0 Å². The molecular formula is C8H9N3O4S. The molecule has 0 spiro atoms. The molecule has 1 aromatic heterocycles. The van der Waals surface area contributed by atoms with E-state index in [1.165, 1.54) is 11.0 Å². The predicted molar refractivity (Wildman–Crippen MR) is 58.8 cm³/mol. The molecule has 0 aliphatic heterocycles. The maximum absolute atomic E-state index is 10.6. The lowest BCUT2D eigenvalue weighted by Gasteiger charge is -2.16. The van der Waals surface area contributed by atoms with Crippen molar-refractivity contribution in [2.24, 2.45) is 0 Å². The summed E-state index contributed by atoms with van der Waals surface area (Å²) < 4.78 is 0. The molecule has 0 saturated heterocycles. The zero-order valence-corrected chi connectivity index (χ0v) is 9.01. The lowest BCUT2D eigenvalue weighted by atomic mass is 10.5. The summed E-state index contributed by atoms with van der Waals surface area (Å²) in [5, 5.41) is 19.3. The molecule has 0 aromatic carbocycles. The van der Waals surface area contributed by atoms with Crippen LogP contribution < -0.4 is 4.90 Å². The first kappa shape index (κ1) is 12.1.